The lowest BCUT2D eigenvalue weighted by atomic mass is 10.2. The van der Waals surface area contributed by atoms with Gasteiger partial charge in [0.2, 0.25) is 5.91 Å². The molecular weight excluding hydrogens is 332 g/mol. The van der Waals surface area contributed by atoms with E-state index in [-0.39, 0.29) is 19.1 Å². The number of amides is 1. The summed E-state index contributed by atoms with van der Waals surface area (Å²) < 4.78 is 15.8. The van der Waals surface area contributed by atoms with Crippen LogP contribution in [0.1, 0.15) is 5.56 Å². The Morgan fingerprint density at radius 2 is 2.04 bits per heavy atom. The lowest BCUT2D eigenvalue weighted by Crippen LogP contribution is -2.21. The number of carbonyl (C=O) groups is 1. The summed E-state index contributed by atoms with van der Waals surface area (Å²) in [5.41, 5.74) is 0.828. The average Bonchev–Trinajstić information content (AvgIpc) is 2.69. The fourth-order valence-electron chi connectivity index (χ4n) is 1.98. The number of rotatable bonds is 7. The number of pyridine rings is 1. The van der Waals surface area contributed by atoms with Crippen LogP contribution in [0.25, 0.3) is 6.08 Å². The van der Waals surface area contributed by atoms with E-state index < -0.39 is 0 Å². The Bertz CT molecular complexity index is 808. The summed E-state index contributed by atoms with van der Waals surface area (Å²) in [6.45, 7) is 0.481. The maximum atomic E-state index is 11.8. The average molecular weight is 352 g/mol. The van der Waals surface area contributed by atoms with E-state index in [1.165, 1.54) is 6.08 Å². The first-order valence-corrected chi connectivity index (χ1v) is 7.89. The Kier molecular flexibility index (Phi) is 7.56. The van der Waals surface area contributed by atoms with Gasteiger partial charge in [-0.1, -0.05) is 17.9 Å². The Morgan fingerprint density at radius 3 is 2.77 bits per heavy atom. The van der Waals surface area contributed by atoms with E-state index in [4.69, 9.17) is 14.2 Å². The summed E-state index contributed by atoms with van der Waals surface area (Å²) in [6.07, 6.45) is 6.41. The molecule has 0 fully saturated rings. The maximum absolute atomic E-state index is 11.8. The molecule has 6 heteroatoms. The number of ether oxygens (including phenoxy) is 3. The molecule has 134 valence electrons. The minimum Gasteiger partial charge on any atom is -0.493 e. The number of nitrogens with one attached hydrogen (secondary N) is 1. The zero-order chi connectivity index (χ0) is 18.6. The van der Waals surface area contributed by atoms with Crippen molar-refractivity contribution >= 4 is 12.0 Å². The molecule has 1 aromatic carbocycles. The molecular formula is C20H20N2O4. The highest BCUT2D eigenvalue weighted by Gasteiger charge is 2.03. The van der Waals surface area contributed by atoms with Gasteiger partial charge in [0, 0.05) is 12.3 Å². The summed E-state index contributed by atoms with van der Waals surface area (Å²) in [4.78, 5) is 15.7. The van der Waals surface area contributed by atoms with Gasteiger partial charge in [-0.15, -0.1) is 0 Å². The molecule has 2 aromatic rings. The van der Waals surface area contributed by atoms with Crippen LogP contribution in [0, 0.1) is 11.8 Å². The third-order valence-electron chi connectivity index (χ3n) is 3.26. The van der Waals surface area contributed by atoms with Crippen molar-refractivity contribution in [3.8, 4) is 29.1 Å². The summed E-state index contributed by atoms with van der Waals surface area (Å²) in [6, 6.07) is 8.99. The van der Waals surface area contributed by atoms with Crippen LogP contribution in [0.15, 0.2) is 48.8 Å². The Balaban J connectivity index is 1.75. The molecule has 0 aliphatic heterocycles. The summed E-state index contributed by atoms with van der Waals surface area (Å²) in [5, 5.41) is 2.68. The highest BCUT2D eigenvalue weighted by molar-refractivity contribution is 5.91. The molecule has 1 N–H and O–H groups in total. The normalized spacial score (nSPS) is 9.92. The molecule has 1 amide bonds. The largest absolute Gasteiger partial charge is 0.493 e. The van der Waals surface area contributed by atoms with Crippen LogP contribution in [0.4, 0.5) is 0 Å². The van der Waals surface area contributed by atoms with Gasteiger partial charge in [-0.3, -0.25) is 9.78 Å². The van der Waals surface area contributed by atoms with Gasteiger partial charge in [0.05, 0.1) is 27.0 Å². The molecule has 0 aliphatic rings. The summed E-state index contributed by atoms with van der Waals surface area (Å²) in [7, 11) is 3.14. The molecule has 0 bridgehead atoms. The summed E-state index contributed by atoms with van der Waals surface area (Å²) >= 11 is 0. The van der Waals surface area contributed by atoms with Crippen LogP contribution < -0.4 is 19.5 Å². The summed E-state index contributed by atoms with van der Waals surface area (Å²) in [5.74, 6) is 7.31. The number of aromatic nitrogens is 1. The second kappa shape index (κ2) is 10.4. The molecule has 0 aliphatic carbocycles. The van der Waals surface area contributed by atoms with Crippen molar-refractivity contribution in [2.24, 2.45) is 0 Å². The van der Waals surface area contributed by atoms with Gasteiger partial charge in [-0.05, 0) is 35.9 Å². The molecule has 1 heterocycles. The van der Waals surface area contributed by atoms with E-state index in [1.807, 2.05) is 6.07 Å². The van der Waals surface area contributed by atoms with Gasteiger partial charge in [0.15, 0.2) is 11.5 Å². The van der Waals surface area contributed by atoms with E-state index in [9.17, 15) is 4.79 Å². The first kappa shape index (κ1) is 18.9. The van der Waals surface area contributed by atoms with Crippen molar-refractivity contribution in [2.45, 2.75) is 0 Å². The van der Waals surface area contributed by atoms with Gasteiger partial charge in [0.1, 0.15) is 12.4 Å². The van der Waals surface area contributed by atoms with Crippen LogP contribution in [-0.2, 0) is 4.79 Å². The lowest BCUT2D eigenvalue weighted by molar-refractivity contribution is -0.116. The molecule has 2 rings (SSSR count). The van der Waals surface area contributed by atoms with Crippen LogP contribution in [0.3, 0.4) is 0 Å². The predicted molar refractivity (Wildman–Crippen MR) is 99.1 cm³/mol. The molecule has 0 radical (unpaired) electrons. The molecule has 0 unspecified atom stereocenters. The van der Waals surface area contributed by atoms with Crippen molar-refractivity contribution in [1.82, 2.24) is 10.3 Å². The Morgan fingerprint density at radius 1 is 1.19 bits per heavy atom. The van der Waals surface area contributed by atoms with Crippen molar-refractivity contribution in [3.63, 3.8) is 0 Å². The van der Waals surface area contributed by atoms with Crippen LogP contribution in [-0.4, -0.2) is 38.3 Å². The van der Waals surface area contributed by atoms with E-state index in [1.54, 1.807) is 57.0 Å². The zero-order valence-corrected chi connectivity index (χ0v) is 14.7. The van der Waals surface area contributed by atoms with Crippen molar-refractivity contribution in [3.05, 3.63) is 54.4 Å². The molecule has 0 saturated heterocycles. The van der Waals surface area contributed by atoms with Crippen LogP contribution in [0.5, 0.6) is 17.2 Å². The molecule has 0 saturated carbocycles. The van der Waals surface area contributed by atoms with Gasteiger partial charge in [-0.2, -0.15) is 0 Å². The SMILES string of the molecule is COc1ccc(/C=C/C(=O)NCC#CCOc2cccnc2)cc1OC. The fraction of sp³-hybridized carbons (Fsp3) is 0.200. The van der Waals surface area contributed by atoms with Crippen LogP contribution in [0.2, 0.25) is 0 Å². The van der Waals surface area contributed by atoms with Gasteiger partial charge < -0.3 is 19.5 Å². The Labute approximate surface area is 152 Å². The number of hydrogen-bond acceptors (Lipinski definition) is 5. The molecule has 0 spiro atoms. The smallest absolute Gasteiger partial charge is 0.244 e. The number of nitrogens with zero attached hydrogens (tertiary/aromatic N) is 1. The molecule has 0 atom stereocenters. The fourth-order valence-corrected chi connectivity index (χ4v) is 1.98. The third kappa shape index (κ3) is 6.21. The molecule has 6 nitrogen and oxygen atoms in total. The quantitative estimate of drug-likeness (QED) is 0.612. The standard InChI is InChI=1S/C20H20N2O4/c1-24-18-9-7-16(14-19(18)25-2)8-10-20(23)22-12-3-4-13-26-17-6-5-11-21-15-17/h5-11,14-15H,12-13H2,1-2H3,(H,22,23)/b10-8+. The van der Waals surface area contributed by atoms with E-state index >= 15 is 0 Å². The monoisotopic (exact) mass is 352 g/mol. The Hall–Kier alpha value is -3.46. The highest BCUT2D eigenvalue weighted by Crippen LogP contribution is 2.27. The molecule has 1 aromatic heterocycles. The maximum Gasteiger partial charge on any atom is 0.244 e. The minimum atomic E-state index is -0.234. The van der Waals surface area contributed by atoms with E-state index in [2.05, 4.69) is 22.1 Å². The van der Waals surface area contributed by atoms with Gasteiger partial charge >= 0.3 is 0 Å². The van der Waals surface area contributed by atoms with Crippen molar-refractivity contribution in [1.29, 1.82) is 0 Å². The first-order chi connectivity index (χ1) is 12.7. The van der Waals surface area contributed by atoms with E-state index in [0.29, 0.717) is 17.2 Å². The first-order valence-electron chi connectivity index (χ1n) is 7.89. The number of carbonyl (C=O) groups excluding carboxylic acids is 1. The highest BCUT2D eigenvalue weighted by atomic mass is 16.5. The number of methoxy groups -OCH3 is 2. The van der Waals surface area contributed by atoms with Gasteiger partial charge in [-0.25, -0.2) is 0 Å². The van der Waals surface area contributed by atoms with Crippen molar-refractivity contribution < 1.29 is 19.0 Å². The minimum absolute atomic E-state index is 0.234. The second-order valence-corrected chi connectivity index (χ2v) is 5.00. The topological polar surface area (TPSA) is 69.7 Å². The predicted octanol–water partition coefficient (Wildman–Crippen LogP) is 2.31. The van der Waals surface area contributed by atoms with Gasteiger partial charge in [0.25, 0.3) is 0 Å². The third-order valence-corrected chi connectivity index (χ3v) is 3.26. The molecule has 26 heavy (non-hydrogen) atoms. The lowest BCUT2D eigenvalue weighted by Gasteiger charge is -2.07. The number of benzene rings is 1. The van der Waals surface area contributed by atoms with Crippen molar-refractivity contribution in [2.75, 3.05) is 27.4 Å². The number of hydrogen-bond donors (Lipinski definition) is 1. The second-order valence-electron chi connectivity index (χ2n) is 5.00. The van der Waals surface area contributed by atoms with E-state index in [0.717, 1.165) is 5.56 Å². The zero-order valence-electron chi connectivity index (χ0n) is 14.7. The van der Waals surface area contributed by atoms with Crippen LogP contribution >= 0.6 is 0 Å².